The van der Waals surface area contributed by atoms with E-state index in [-0.39, 0.29) is 37.2 Å². The summed E-state index contributed by atoms with van der Waals surface area (Å²) in [6, 6.07) is 6.46. The van der Waals surface area contributed by atoms with Gasteiger partial charge in [-0.15, -0.1) is 23.7 Å². The van der Waals surface area contributed by atoms with Crippen LogP contribution in [0.5, 0.6) is 0 Å². The fraction of sp³-hybridized carbons (Fsp3) is 0.476. The highest BCUT2D eigenvalue weighted by molar-refractivity contribution is 7.13. The Morgan fingerprint density at radius 3 is 2.57 bits per heavy atom. The van der Waals surface area contributed by atoms with E-state index in [4.69, 9.17) is 5.73 Å². The number of aliphatic hydroxyl groups is 1. The molecule has 1 aliphatic heterocycles. The highest BCUT2D eigenvalue weighted by Crippen LogP contribution is 2.25. The summed E-state index contributed by atoms with van der Waals surface area (Å²) in [7, 11) is 0. The number of hydrogen-bond donors (Lipinski definition) is 3. The normalized spacial score (nSPS) is 19.8. The topological polar surface area (TPSA) is 109 Å². The van der Waals surface area contributed by atoms with Crippen LogP contribution in [0.2, 0.25) is 0 Å². The summed E-state index contributed by atoms with van der Waals surface area (Å²) < 4.78 is 0. The molecule has 9 heteroatoms. The first kappa shape index (κ1) is 24.3. The second kappa shape index (κ2) is 9.87. The lowest BCUT2D eigenvalue weighted by Gasteiger charge is -2.32. The Morgan fingerprint density at radius 2 is 2.00 bits per heavy atom. The molecule has 4 N–H and O–H groups in total. The van der Waals surface area contributed by atoms with Gasteiger partial charge in [0.2, 0.25) is 11.8 Å². The lowest BCUT2D eigenvalue weighted by Crippen LogP contribution is -2.54. The Kier molecular flexibility index (Phi) is 7.99. The Balaban J connectivity index is 0.00000320. The average Bonchev–Trinajstić information content (AvgIpc) is 3.34. The number of benzene rings is 1. The lowest BCUT2D eigenvalue weighted by atomic mass is 9.86. The summed E-state index contributed by atoms with van der Waals surface area (Å²) in [6.07, 6.45) is 1.32. The molecule has 3 atom stereocenters. The number of rotatable bonds is 5. The molecule has 1 aromatic carbocycles. The van der Waals surface area contributed by atoms with E-state index >= 15 is 0 Å². The van der Waals surface area contributed by atoms with Crippen LogP contribution in [0.1, 0.15) is 32.8 Å². The number of β-amino-alcohol motifs (C(OH)–C–C–N with tert-alkyl or cyclic N) is 1. The number of carbonyl (C=O) groups excluding carboxylic acids is 2. The molecular formula is C21H29ClN4O3S. The van der Waals surface area contributed by atoms with Gasteiger partial charge in [0.05, 0.1) is 22.5 Å². The van der Waals surface area contributed by atoms with E-state index in [1.165, 1.54) is 4.90 Å². The maximum Gasteiger partial charge on any atom is 0.243 e. The van der Waals surface area contributed by atoms with Crippen molar-refractivity contribution in [2.45, 2.75) is 51.9 Å². The summed E-state index contributed by atoms with van der Waals surface area (Å²) in [5.74, 6) is -0.578. The molecule has 1 aromatic heterocycles. The van der Waals surface area contributed by atoms with Crippen LogP contribution in [0, 0.1) is 5.41 Å². The fourth-order valence-electron chi connectivity index (χ4n) is 3.31. The molecule has 1 saturated heterocycles. The van der Waals surface area contributed by atoms with Gasteiger partial charge in [-0.25, -0.2) is 0 Å². The minimum absolute atomic E-state index is 0. The van der Waals surface area contributed by atoms with E-state index < -0.39 is 23.6 Å². The summed E-state index contributed by atoms with van der Waals surface area (Å²) in [5, 5.41) is 12.9. The Bertz CT molecular complexity index is 852. The van der Waals surface area contributed by atoms with Gasteiger partial charge in [0.25, 0.3) is 0 Å². The van der Waals surface area contributed by atoms with Gasteiger partial charge in [0, 0.05) is 25.7 Å². The van der Waals surface area contributed by atoms with Crippen LogP contribution in [0.25, 0.3) is 10.4 Å². The minimum atomic E-state index is -0.734. The van der Waals surface area contributed by atoms with Crippen molar-refractivity contribution in [3.8, 4) is 10.4 Å². The van der Waals surface area contributed by atoms with Gasteiger partial charge >= 0.3 is 0 Å². The minimum Gasteiger partial charge on any atom is -0.391 e. The molecule has 164 valence electrons. The number of aromatic nitrogens is 1. The van der Waals surface area contributed by atoms with Gasteiger partial charge in [0.1, 0.15) is 6.04 Å². The highest BCUT2D eigenvalue weighted by atomic mass is 35.5. The lowest BCUT2D eigenvalue weighted by molar-refractivity contribution is -0.141. The number of carbonyl (C=O) groups is 2. The van der Waals surface area contributed by atoms with E-state index in [0.29, 0.717) is 6.54 Å². The van der Waals surface area contributed by atoms with Crippen LogP contribution in [0.15, 0.2) is 36.0 Å². The first-order valence-corrected chi connectivity index (χ1v) is 10.5. The first-order valence-electron chi connectivity index (χ1n) is 9.66. The van der Waals surface area contributed by atoms with Crippen LogP contribution in [-0.2, 0) is 16.1 Å². The number of hydrogen-bond acceptors (Lipinski definition) is 6. The van der Waals surface area contributed by atoms with E-state index in [1.807, 2.05) is 51.2 Å². The first-order chi connectivity index (χ1) is 13.7. The molecule has 0 radical (unpaired) electrons. The number of thiazole rings is 1. The smallest absolute Gasteiger partial charge is 0.243 e. The van der Waals surface area contributed by atoms with Crippen LogP contribution >= 0.6 is 23.7 Å². The standard InChI is InChI=1S/C21H28N4O3S.ClH/c1-21(2,3)18(22)20(28)25-11-15(26)8-16(25)19(27)24-9-13-4-6-14(7-5-13)17-10-23-12-29-17;/h4-7,10,12,15-16,18,26H,8-9,11,22H2,1-3H3,(H,24,27);1H/t15-,16+,18?;/m1./s1. The largest absolute Gasteiger partial charge is 0.391 e. The van der Waals surface area contributed by atoms with E-state index in [9.17, 15) is 14.7 Å². The number of aliphatic hydroxyl groups excluding tert-OH is 1. The number of nitrogens with zero attached hydrogens (tertiary/aromatic N) is 2. The van der Waals surface area contributed by atoms with Gasteiger partial charge < -0.3 is 21.1 Å². The van der Waals surface area contributed by atoms with Crippen molar-refractivity contribution in [1.29, 1.82) is 0 Å². The van der Waals surface area contributed by atoms with Crippen molar-refractivity contribution in [1.82, 2.24) is 15.2 Å². The molecule has 0 saturated carbocycles. The molecule has 2 amide bonds. The molecule has 7 nitrogen and oxygen atoms in total. The van der Waals surface area contributed by atoms with Crippen molar-refractivity contribution in [3.63, 3.8) is 0 Å². The average molecular weight is 453 g/mol. The molecule has 0 bridgehead atoms. The third-order valence-corrected chi connectivity index (χ3v) is 6.02. The van der Waals surface area contributed by atoms with E-state index in [1.54, 1.807) is 16.8 Å². The maximum absolute atomic E-state index is 12.8. The van der Waals surface area contributed by atoms with E-state index in [0.717, 1.165) is 16.0 Å². The summed E-state index contributed by atoms with van der Waals surface area (Å²) >= 11 is 1.57. The van der Waals surface area contributed by atoms with Gasteiger partial charge in [-0.3, -0.25) is 14.6 Å². The number of likely N-dealkylation sites (tertiary alicyclic amines) is 1. The Labute approximate surface area is 187 Å². The van der Waals surface area contributed by atoms with Gasteiger partial charge in [-0.05, 0) is 16.5 Å². The second-order valence-electron chi connectivity index (χ2n) is 8.52. The van der Waals surface area contributed by atoms with Gasteiger partial charge in [-0.1, -0.05) is 45.0 Å². The van der Waals surface area contributed by atoms with Gasteiger partial charge in [0.15, 0.2) is 0 Å². The van der Waals surface area contributed by atoms with E-state index in [2.05, 4.69) is 10.3 Å². The predicted octanol–water partition coefficient (Wildman–Crippen LogP) is 2.18. The summed E-state index contributed by atoms with van der Waals surface area (Å²) in [5.41, 5.74) is 9.49. The molecule has 1 unspecified atom stereocenters. The van der Waals surface area contributed by atoms with Crippen LogP contribution in [0.4, 0.5) is 0 Å². The maximum atomic E-state index is 12.8. The molecule has 1 aliphatic rings. The van der Waals surface area contributed by atoms with Crippen molar-refractivity contribution in [2.24, 2.45) is 11.1 Å². The van der Waals surface area contributed by atoms with Crippen molar-refractivity contribution < 1.29 is 14.7 Å². The number of amides is 2. The zero-order chi connectivity index (χ0) is 21.2. The third kappa shape index (κ3) is 5.57. The number of nitrogens with two attached hydrogens (primary N) is 1. The Hall–Kier alpha value is -2.00. The van der Waals surface area contributed by atoms with Crippen LogP contribution in [0.3, 0.4) is 0 Å². The molecule has 2 aromatic rings. The molecule has 0 aliphatic carbocycles. The fourth-order valence-corrected chi connectivity index (χ4v) is 3.94. The zero-order valence-electron chi connectivity index (χ0n) is 17.4. The zero-order valence-corrected chi connectivity index (χ0v) is 19.0. The van der Waals surface area contributed by atoms with Crippen LogP contribution < -0.4 is 11.1 Å². The molecule has 1 fully saturated rings. The quantitative estimate of drug-likeness (QED) is 0.644. The van der Waals surface area contributed by atoms with Crippen molar-refractivity contribution in [3.05, 3.63) is 41.5 Å². The molecule has 2 heterocycles. The second-order valence-corrected chi connectivity index (χ2v) is 9.41. The number of nitrogens with one attached hydrogen (secondary N) is 1. The number of halogens is 1. The molecule has 0 spiro atoms. The molecule has 3 rings (SSSR count). The monoisotopic (exact) mass is 452 g/mol. The third-order valence-electron chi connectivity index (χ3n) is 5.20. The SMILES string of the molecule is CC(C)(C)C(N)C(=O)N1C[C@H](O)C[C@H]1C(=O)NCc1ccc(-c2cncs2)cc1.Cl. The molecular weight excluding hydrogens is 424 g/mol. The van der Waals surface area contributed by atoms with Crippen molar-refractivity contribution >= 4 is 35.6 Å². The summed E-state index contributed by atoms with van der Waals surface area (Å²) in [6.45, 7) is 6.12. The van der Waals surface area contributed by atoms with Gasteiger partial charge in [-0.2, -0.15) is 0 Å². The summed E-state index contributed by atoms with van der Waals surface area (Å²) in [4.78, 5) is 32.1. The van der Waals surface area contributed by atoms with Crippen LogP contribution in [-0.4, -0.2) is 51.5 Å². The highest BCUT2D eigenvalue weighted by Gasteiger charge is 2.42. The van der Waals surface area contributed by atoms with Crippen molar-refractivity contribution in [2.75, 3.05) is 6.54 Å². The molecule has 30 heavy (non-hydrogen) atoms. The predicted molar refractivity (Wildman–Crippen MR) is 120 cm³/mol. The Morgan fingerprint density at radius 1 is 1.33 bits per heavy atom.